The lowest BCUT2D eigenvalue weighted by Crippen LogP contribution is -2.14. The maximum absolute atomic E-state index is 12.3. The van der Waals surface area contributed by atoms with E-state index in [1.807, 2.05) is 48.9 Å². The van der Waals surface area contributed by atoms with Crippen molar-refractivity contribution in [3.05, 3.63) is 64.9 Å². The van der Waals surface area contributed by atoms with Crippen molar-refractivity contribution in [2.24, 2.45) is 0 Å². The Morgan fingerprint density at radius 3 is 2.63 bits per heavy atom. The quantitative estimate of drug-likeness (QED) is 0.598. The maximum atomic E-state index is 12.3. The molecule has 0 saturated heterocycles. The fraction of sp³-hybridized carbons (Fsp3) is 0.200. The third kappa shape index (κ3) is 4.46. The van der Waals surface area contributed by atoms with E-state index in [9.17, 15) is 4.79 Å². The zero-order valence-corrected chi connectivity index (χ0v) is 16.9. The first-order valence-electron chi connectivity index (χ1n) is 8.37. The molecule has 0 unspecified atom stereocenters. The lowest BCUT2D eigenvalue weighted by atomic mass is 10.3. The number of methoxy groups -OCH3 is 1. The standard InChI is InChI=1S/C20H20ClN3O2S/c1-13-20(14(2)24(23-13)16-7-5-4-6-8-16)27-12-19(25)22-15-9-10-18(26-3)17(21)11-15/h4-11H,12H2,1-3H3,(H,22,25). The number of nitrogens with one attached hydrogen (secondary N) is 1. The number of halogens is 1. The third-order valence-electron chi connectivity index (χ3n) is 4.01. The molecule has 140 valence electrons. The minimum absolute atomic E-state index is 0.104. The third-order valence-corrected chi connectivity index (χ3v) is 5.59. The summed E-state index contributed by atoms with van der Waals surface area (Å²) in [5, 5.41) is 7.92. The lowest BCUT2D eigenvalue weighted by Gasteiger charge is -2.08. The average Bonchev–Trinajstić information content (AvgIpc) is 2.95. The molecule has 27 heavy (non-hydrogen) atoms. The van der Waals surface area contributed by atoms with Gasteiger partial charge >= 0.3 is 0 Å². The summed E-state index contributed by atoms with van der Waals surface area (Å²) >= 11 is 7.57. The molecule has 0 aliphatic heterocycles. The van der Waals surface area contributed by atoms with E-state index in [2.05, 4.69) is 10.4 Å². The minimum atomic E-state index is -0.104. The molecule has 0 aliphatic carbocycles. The summed E-state index contributed by atoms with van der Waals surface area (Å²) in [6.45, 7) is 3.96. The van der Waals surface area contributed by atoms with Gasteiger partial charge in [-0.05, 0) is 44.2 Å². The Morgan fingerprint density at radius 2 is 1.96 bits per heavy atom. The number of benzene rings is 2. The normalized spacial score (nSPS) is 10.7. The van der Waals surface area contributed by atoms with Crippen LogP contribution in [-0.4, -0.2) is 28.6 Å². The first kappa shape index (κ1) is 19.3. The van der Waals surface area contributed by atoms with E-state index in [0.29, 0.717) is 16.5 Å². The Balaban J connectivity index is 1.67. The second kappa shape index (κ2) is 8.50. The molecule has 1 N–H and O–H groups in total. The van der Waals surface area contributed by atoms with Gasteiger partial charge < -0.3 is 10.1 Å². The van der Waals surface area contributed by atoms with Crippen molar-refractivity contribution in [3.63, 3.8) is 0 Å². The van der Waals surface area contributed by atoms with Crippen LogP contribution in [-0.2, 0) is 4.79 Å². The molecule has 0 bridgehead atoms. The Labute approximate surface area is 167 Å². The average molecular weight is 402 g/mol. The molecule has 2 aromatic carbocycles. The van der Waals surface area contributed by atoms with Crippen molar-refractivity contribution >= 4 is 35.0 Å². The second-order valence-electron chi connectivity index (χ2n) is 5.93. The van der Waals surface area contributed by atoms with Crippen LogP contribution < -0.4 is 10.1 Å². The van der Waals surface area contributed by atoms with E-state index < -0.39 is 0 Å². The van der Waals surface area contributed by atoms with Gasteiger partial charge in [-0.25, -0.2) is 4.68 Å². The lowest BCUT2D eigenvalue weighted by molar-refractivity contribution is -0.113. The van der Waals surface area contributed by atoms with Gasteiger partial charge in [0, 0.05) is 5.69 Å². The monoisotopic (exact) mass is 401 g/mol. The van der Waals surface area contributed by atoms with Crippen LogP contribution in [0.5, 0.6) is 5.75 Å². The van der Waals surface area contributed by atoms with Gasteiger partial charge in [0.1, 0.15) is 5.75 Å². The predicted molar refractivity (Wildman–Crippen MR) is 110 cm³/mol. The van der Waals surface area contributed by atoms with Gasteiger partial charge in [-0.15, -0.1) is 11.8 Å². The number of nitrogens with zero attached hydrogens (tertiary/aromatic N) is 2. The molecular formula is C20H20ClN3O2S. The number of amides is 1. The van der Waals surface area contributed by atoms with Crippen molar-refractivity contribution < 1.29 is 9.53 Å². The van der Waals surface area contributed by atoms with Gasteiger partial charge in [0.2, 0.25) is 5.91 Å². The highest BCUT2D eigenvalue weighted by molar-refractivity contribution is 8.00. The number of aryl methyl sites for hydroxylation is 1. The van der Waals surface area contributed by atoms with Crippen molar-refractivity contribution in [2.45, 2.75) is 18.7 Å². The number of hydrogen-bond acceptors (Lipinski definition) is 4. The first-order chi connectivity index (χ1) is 13.0. The summed E-state index contributed by atoms with van der Waals surface area (Å²) in [7, 11) is 1.55. The van der Waals surface area contributed by atoms with Gasteiger partial charge in [-0.1, -0.05) is 29.8 Å². The summed E-state index contributed by atoms with van der Waals surface area (Å²) in [5.41, 5.74) is 3.56. The number of rotatable bonds is 6. The number of anilines is 1. The maximum Gasteiger partial charge on any atom is 0.234 e. The number of carbonyl (C=O) groups excluding carboxylic acids is 1. The highest BCUT2D eigenvalue weighted by atomic mass is 35.5. The van der Waals surface area contributed by atoms with E-state index in [-0.39, 0.29) is 11.7 Å². The van der Waals surface area contributed by atoms with Gasteiger partial charge in [0.05, 0.1) is 39.9 Å². The first-order valence-corrected chi connectivity index (χ1v) is 9.73. The molecule has 0 saturated carbocycles. The number of hydrogen-bond donors (Lipinski definition) is 1. The van der Waals surface area contributed by atoms with Crippen LogP contribution in [0, 0.1) is 13.8 Å². The molecule has 0 fully saturated rings. The SMILES string of the molecule is COc1ccc(NC(=O)CSc2c(C)nn(-c3ccccc3)c2C)cc1Cl. The van der Waals surface area contributed by atoms with Crippen molar-refractivity contribution in [2.75, 3.05) is 18.2 Å². The molecule has 1 heterocycles. The largest absolute Gasteiger partial charge is 0.495 e. The van der Waals surface area contributed by atoms with Gasteiger partial charge in [0.25, 0.3) is 0 Å². The zero-order chi connectivity index (χ0) is 19.4. The molecule has 1 amide bonds. The van der Waals surface area contributed by atoms with Crippen LogP contribution in [0.1, 0.15) is 11.4 Å². The van der Waals surface area contributed by atoms with Gasteiger partial charge in [-0.3, -0.25) is 4.79 Å². The summed E-state index contributed by atoms with van der Waals surface area (Å²) < 4.78 is 7.02. The van der Waals surface area contributed by atoms with Crippen LogP contribution in [0.25, 0.3) is 5.69 Å². The molecule has 0 radical (unpaired) electrons. The number of aromatic nitrogens is 2. The van der Waals surface area contributed by atoms with Crippen LogP contribution in [0.15, 0.2) is 53.4 Å². The minimum Gasteiger partial charge on any atom is -0.495 e. The predicted octanol–water partition coefficient (Wildman–Crippen LogP) is 4.88. The van der Waals surface area contributed by atoms with E-state index in [1.54, 1.807) is 25.3 Å². The fourth-order valence-corrected chi connectivity index (χ4v) is 3.89. The van der Waals surface area contributed by atoms with Crippen LogP contribution in [0.4, 0.5) is 5.69 Å². The fourth-order valence-electron chi connectivity index (χ4n) is 2.74. The van der Waals surface area contributed by atoms with Crippen LogP contribution in [0.2, 0.25) is 5.02 Å². The number of thioether (sulfide) groups is 1. The highest BCUT2D eigenvalue weighted by Crippen LogP contribution is 2.29. The Hall–Kier alpha value is -2.44. The summed E-state index contributed by atoms with van der Waals surface area (Å²) in [6.07, 6.45) is 0. The Bertz CT molecular complexity index is 957. The van der Waals surface area contributed by atoms with Gasteiger partial charge in [0.15, 0.2) is 0 Å². The molecule has 5 nitrogen and oxygen atoms in total. The van der Waals surface area contributed by atoms with E-state index in [1.165, 1.54) is 11.8 Å². The summed E-state index contributed by atoms with van der Waals surface area (Å²) in [6, 6.07) is 15.1. The van der Waals surface area contributed by atoms with E-state index in [4.69, 9.17) is 16.3 Å². The van der Waals surface area contributed by atoms with Crippen LogP contribution in [0.3, 0.4) is 0 Å². The number of carbonyl (C=O) groups is 1. The molecule has 1 aromatic heterocycles. The molecular weight excluding hydrogens is 382 g/mol. The summed E-state index contributed by atoms with van der Waals surface area (Å²) in [5.74, 6) is 0.752. The molecule has 0 aliphatic rings. The van der Waals surface area contributed by atoms with Crippen molar-refractivity contribution in [1.82, 2.24) is 9.78 Å². The highest BCUT2D eigenvalue weighted by Gasteiger charge is 2.15. The van der Waals surface area contributed by atoms with Gasteiger partial charge in [-0.2, -0.15) is 5.10 Å². The Kier molecular flexibility index (Phi) is 6.08. The molecule has 3 aromatic rings. The zero-order valence-electron chi connectivity index (χ0n) is 15.3. The number of ether oxygens (including phenoxy) is 1. The smallest absolute Gasteiger partial charge is 0.234 e. The van der Waals surface area contributed by atoms with E-state index in [0.717, 1.165) is 22.0 Å². The van der Waals surface area contributed by atoms with E-state index >= 15 is 0 Å². The second-order valence-corrected chi connectivity index (χ2v) is 7.33. The van der Waals surface area contributed by atoms with Crippen molar-refractivity contribution in [3.8, 4) is 11.4 Å². The van der Waals surface area contributed by atoms with Crippen LogP contribution >= 0.6 is 23.4 Å². The molecule has 7 heteroatoms. The van der Waals surface area contributed by atoms with Crippen molar-refractivity contribution in [1.29, 1.82) is 0 Å². The number of para-hydroxylation sites is 1. The molecule has 3 rings (SSSR count). The topological polar surface area (TPSA) is 56.1 Å². The molecule has 0 atom stereocenters. The summed E-state index contributed by atoms with van der Waals surface area (Å²) in [4.78, 5) is 13.3. The Morgan fingerprint density at radius 1 is 1.22 bits per heavy atom. The molecule has 0 spiro atoms.